The van der Waals surface area contributed by atoms with Crippen molar-refractivity contribution in [2.24, 2.45) is 0 Å². The molecule has 0 atom stereocenters. The van der Waals surface area contributed by atoms with Gasteiger partial charge in [0, 0.05) is 23.7 Å². The van der Waals surface area contributed by atoms with Crippen LogP contribution in [-0.2, 0) is 4.79 Å². The van der Waals surface area contributed by atoms with Crippen molar-refractivity contribution in [1.82, 2.24) is 15.0 Å². The molecule has 0 aliphatic carbocycles. The molecular formula is C22H19N5O. The molecule has 0 aliphatic heterocycles. The molecule has 0 spiro atoms. The van der Waals surface area contributed by atoms with Crippen LogP contribution in [0.1, 0.15) is 12.5 Å². The molecule has 0 aliphatic rings. The van der Waals surface area contributed by atoms with Crippen molar-refractivity contribution in [2.45, 2.75) is 13.8 Å². The van der Waals surface area contributed by atoms with Gasteiger partial charge >= 0.3 is 0 Å². The number of fused-ring (bicyclic) bond motifs is 1. The first-order valence-corrected chi connectivity index (χ1v) is 8.87. The molecular weight excluding hydrogens is 350 g/mol. The van der Waals surface area contributed by atoms with E-state index in [1.165, 1.54) is 18.8 Å². The Morgan fingerprint density at radius 1 is 0.964 bits per heavy atom. The first-order valence-electron chi connectivity index (χ1n) is 8.87. The zero-order valence-electron chi connectivity index (χ0n) is 15.6. The summed E-state index contributed by atoms with van der Waals surface area (Å²) < 4.78 is 0. The van der Waals surface area contributed by atoms with Crippen LogP contribution in [0.25, 0.3) is 33.4 Å². The van der Waals surface area contributed by atoms with Crippen LogP contribution in [0.2, 0.25) is 0 Å². The normalized spacial score (nSPS) is 10.8. The molecule has 6 heteroatoms. The minimum absolute atomic E-state index is 0.107. The first kappa shape index (κ1) is 17.6. The molecule has 0 saturated heterocycles. The molecule has 2 aromatic carbocycles. The number of aromatic nitrogens is 3. The molecule has 3 N–H and O–H groups in total. The lowest BCUT2D eigenvalue weighted by Crippen LogP contribution is -2.05. The second-order valence-electron chi connectivity index (χ2n) is 6.64. The van der Waals surface area contributed by atoms with Gasteiger partial charge < -0.3 is 11.1 Å². The average Bonchev–Trinajstić information content (AvgIpc) is 2.68. The highest BCUT2D eigenvalue weighted by Gasteiger charge is 2.14. The van der Waals surface area contributed by atoms with Gasteiger partial charge in [-0.3, -0.25) is 4.79 Å². The molecule has 6 nitrogen and oxygen atoms in total. The molecule has 0 saturated carbocycles. The fourth-order valence-corrected chi connectivity index (χ4v) is 3.09. The summed E-state index contributed by atoms with van der Waals surface area (Å²) in [5, 5.41) is 3.50. The molecule has 4 aromatic rings. The van der Waals surface area contributed by atoms with E-state index in [-0.39, 0.29) is 5.91 Å². The predicted molar refractivity (Wildman–Crippen MR) is 112 cm³/mol. The summed E-state index contributed by atoms with van der Waals surface area (Å²) in [7, 11) is 0. The number of carbonyl (C=O) groups excluding carboxylic acids is 1. The minimum Gasteiger partial charge on any atom is -0.383 e. The van der Waals surface area contributed by atoms with E-state index in [0.717, 1.165) is 33.5 Å². The van der Waals surface area contributed by atoms with Crippen molar-refractivity contribution in [1.29, 1.82) is 0 Å². The number of nitrogens with zero attached hydrogens (tertiary/aromatic N) is 3. The summed E-state index contributed by atoms with van der Waals surface area (Å²) in [6, 6.07) is 17.8. The molecule has 0 fully saturated rings. The molecule has 0 radical (unpaired) electrons. The van der Waals surface area contributed by atoms with Gasteiger partial charge in [0.15, 0.2) is 5.65 Å². The van der Waals surface area contributed by atoms with Crippen LogP contribution in [0, 0.1) is 6.92 Å². The van der Waals surface area contributed by atoms with E-state index in [1.807, 2.05) is 30.3 Å². The number of benzene rings is 2. The monoisotopic (exact) mass is 369 g/mol. The SMILES string of the molecule is CC(=O)Nc1ccc(-c2nc3ncnc(N)c3cc2-c2ccc(C)cc2)cc1. The lowest BCUT2D eigenvalue weighted by atomic mass is 9.97. The lowest BCUT2D eigenvalue weighted by molar-refractivity contribution is -0.114. The Kier molecular flexibility index (Phi) is 4.45. The van der Waals surface area contributed by atoms with Crippen molar-refractivity contribution in [3.05, 3.63) is 66.5 Å². The molecule has 0 unspecified atom stereocenters. The van der Waals surface area contributed by atoms with Crippen molar-refractivity contribution < 1.29 is 4.79 Å². The van der Waals surface area contributed by atoms with Crippen LogP contribution >= 0.6 is 0 Å². The van der Waals surface area contributed by atoms with Gasteiger partial charge in [0.05, 0.1) is 11.1 Å². The summed E-state index contributed by atoms with van der Waals surface area (Å²) in [5.41, 5.74) is 12.2. The van der Waals surface area contributed by atoms with Gasteiger partial charge in [0.25, 0.3) is 0 Å². The standard InChI is InChI=1S/C22H19N5O/c1-13-3-5-15(6-4-13)18-11-19-21(23)24-12-25-22(19)27-20(18)16-7-9-17(10-8-16)26-14(2)28/h3-12H,1-2H3,(H,26,28)(H2,23,24,25,27). The Hall–Kier alpha value is -3.80. The molecule has 28 heavy (non-hydrogen) atoms. The highest BCUT2D eigenvalue weighted by molar-refractivity contribution is 5.95. The summed E-state index contributed by atoms with van der Waals surface area (Å²) in [6.45, 7) is 3.54. The van der Waals surface area contributed by atoms with Crippen molar-refractivity contribution >= 4 is 28.4 Å². The molecule has 4 rings (SSSR count). The van der Waals surface area contributed by atoms with E-state index < -0.39 is 0 Å². The van der Waals surface area contributed by atoms with Gasteiger partial charge in [-0.2, -0.15) is 0 Å². The van der Waals surface area contributed by atoms with Crippen molar-refractivity contribution in [3.63, 3.8) is 0 Å². The Bertz CT molecular complexity index is 1170. The van der Waals surface area contributed by atoms with E-state index in [0.29, 0.717) is 11.5 Å². The van der Waals surface area contributed by atoms with Gasteiger partial charge in [-0.1, -0.05) is 42.0 Å². The van der Waals surface area contributed by atoms with E-state index in [4.69, 9.17) is 10.7 Å². The number of carbonyl (C=O) groups is 1. The van der Waals surface area contributed by atoms with Crippen LogP contribution < -0.4 is 11.1 Å². The quantitative estimate of drug-likeness (QED) is 0.564. The summed E-state index contributed by atoms with van der Waals surface area (Å²) in [5.74, 6) is 0.294. The molecule has 1 amide bonds. The van der Waals surface area contributed by atoms with Gasteiger partial charge in [-0.15, -0.1) is 0 Å². The number of nitrogen functional groups attached to an aromatic ring is 1. The van der Waals surface area contributed by atoms with E-state index >= 15 is 0 Å². The van der Waals surface area contributed by atoms with E-state index in [1.54, 1.807) is 0 Å². The number of pyridine rings is 1. The molecule has 2 aromatic heterocycles. The second-order valence-corrected chi connectivity index (χ2v) is 6.64. The third kappa shape index (κ3) is 3.40. The van der Waals surface area contributed by atoms with Crippen LogP contribution in [0.4, 0.5) is 11.5 Å². The van der Waals surface area contributed by atoms with Gasteiger partial charge in [-0.05, 0) is 30.7 Å². The highest BCUT2D eigenvalue weighted by atomic mass is 16.1. The number of hydrogen-bond acceptors (Lipinski definition) is 5. The number of aryl methyl sites for hydroxylation is 1. The third-order valence-electron chi connectivity index (χ3n) is 4.50. The van der Waals surface area contributed by atoms with Crippen molar-refractivity contribution in [3.8, 4) is 22.4 Å². The smallest absolute Gasteiger partial charge is 0.221 e. The number of nitrogens with two attached hydrogens (primary N) is 1. The third-order valence-corrected chi connectivity index (χ3v) is 4.50. The molecule has 0 bridgehead atoms. The summed E-state index contributed by atoms with van der Waals surface area (Å²) in [4.78, 5) is 24.4. The number of nitrogens with one attached hydrogen (secondary N) is 1. The number of anilines is 2. The fraction of sp³-hybridized carbons (Fsp3) is 0.0909. The van der Waals surface area contributed by atoms with Gasteiger partial charge in [0.2, 0.25) is 5.91 Å². The maximum Gasteiger partial charge on any atom is 0.221 e. The van der Waals surface area contributed by atoms with Crippen LogP contribution in [0.5, 0.6) is 0 Å². The Balaban J connectivity index is 1.91. The van der Waals surface area contributed by atoms with Crippen molar-refractivity contribution in [2.75, 3.05) is 11.1 Å². The second kappa shape index (κ2) is 7.08. The molecule has 2 heterocycles. The van der Waals surface area contributed by atoms with Crippen LogP contribution in [0.3, 0.4) is 0 Å². The lowest BCUT2D eigenvalue weighted by Gasteiger charge is -2.12. The summed E-state index contributed by atoms with van der Waals surface area (Å²) in [6.07, 6.45) is 1.42. The first-order chi connectivity index (χ1) is 13.5. The summed E-state index contributed by atoms with van der Waals surface area (Å²) >= 11 is 0. The van der Waals surface area contributed by atoms with E-state index in [2.05, 4.69) is 46.5 Å². The maximum absolute atomic E-state index is 11.3. The topological polar surface area (TPSA) is 93.8 Å². The Labute approximate surface area is 162 Å². The predicted octanol–water partition coefficient (Wildman–Crippen LogP) is 4.21. The van der Waals surface area contributed by atoms with E-state index in [9.17, 15) is 4.79 Å². The zero-order valence-corrected chi connectivity index (χ0v) is 15.6. The fourth-order valence-electron chi connectivity index (χ4n) is 3.09. The highest BCUT2D eigenvalue weighted by Crippen LogP contribution is 2.34. The zero-order chi connectivity index (χ0) is 19.7. The maximum atomic E-state index is 11.3. The Morgan fingerprint density at radius 3 is 2.32 bits per heavy atom. The van der Waals surface area contributed by atoms with Gasteiger partial charge in [0.1, 0.15) is 12.1 Å². The largest absolute Gasteiger partial charge is 0.383 e. The minimum atomic E-state index is -0.107. The van der Waals surface area contributed by atoms with Crippen LogP contribution in [0.15, 0.2) is 60.9 Å². The number of amides is 1. The van der Waals surface area contributed by atoms with Crippen LogP contribution in [-0.4, -0.2) is 20.9 Å². The Morgan fingerprint density at radius 2 is 1.64 bits per heavy atom. The average molecular weight is 369 g/mol. The number of hydrogen-bond donors (Lipinski definition) is 2. The van der Waals surface area contributed by atoms with Gasteiger partial charge in [-0.25, -0.2) is 15.0 Å². The molecule has 138 valence electrons. The number of rotatable bonds is 3.